The van der Waals surface area contributed by atoms with Crippen molar-refractivity contribution in [1.82, 2.24) is 0 Å². The van der Waals surface area contributed by atoms with Gasteiger partial charge in [0.15, 0.2) is 25.2 Å². The Balaban J connectivity index is 0.00000439. The van der Waals surface area contributed by atoms with Crippen molar-refractivity contribution < 1.29 is 233 Å². The molecule has 0 unspecified atom stereocenters. The summed E-state index contributed by atoms with van der Waals surface area (Å²) in [6.07, 6.45) is -31.1. The minimum Gasteiger partial charge on any atom is -0.726 e. The van der Waals surface area contributed by atoms with Gasteiger partial charge in [-0.15, -0.1) is 6.58 Å². The first-order valence-corrected chi connectivity index (χ1v) is 33.2. The van der Waals surface area contributed by atoms with Crippen molar-refractivity contribution >= 4 is 42.9 Å². The summed E-state index contributed by atoms with van der Waals surface area (Å²) in [6, 6.07) is 0. The Morgan fingerprint density at radius 2 is 1.23 bits per heavy atom. The monoisotopic (exact) mass is 1390 g/mol. The van der Waals surface area contributed by atoms with Crippen LogP contribution in [0.3, 0.4) is 0 Å². The van der Waals surface area contributed by atoms with Gasteiger partial charge in [0.1, 0.15) is 96.8 Å². The number of allylic oxidation sites excluding steroid dienone is 3. The minimum absolute atomic E-state index is 0. The zero-order chi connectivity index (χ0) is 65.0. The van der Waals surface area contributed by atoms with E-state index in [1.165, 1.54) is 6.92 Å². The molecule has 0 aromatic heterocycles. The number of cyclic esters (lactones) is 1. The maximum Gasteiger partial charge on any atom is 1.00 e. The summed E-state index contributed by atoms with van der Waals surface area (Å²) in [6.45, 7) is 14.2. The molecule has 31 nitrogen and oxygen atoms in total. The van der Waals surface area contributed by atoms with Crippen LogP contribution in [0.2, 0.25) is 0 Å². The second kappa shape index (κ2) is 30.0. The number of methoxy groups -OCH3 is 1. The van der Waals surface area contributed by atoms with Crippen molar-refractivity contribution in [3.05, 3.63) is 23.8 Å². The van der Waals surface area contributed by atoms with E-state index in [0.29, 0.717) is 38.5 Å². The molecule has 5 aliphatic heterocycles. The molecule has 1 spiro atoms. The van der Waals surface area contributed by atoms with Gasteiger partial charge in [-0.2, -0.15) is 0 Å². The van der Waals surface area contributed by atoms with E-state index in [9.17, 15) is 84.2 Å². The second-order valence-electron chi connectivity index (χ2n) is 26.3. The van der Waals surface area contributed by atoms with Gasteiger partial charge < -0.3 is 96.8 Å². The molecule has 37 heteroatoms. The Hall–Kier alpha value is 0.590. The number of Topliss-reactive ketones (excluding diaryl/α,β-unsaturated/α-hetero) is 1. The average molecular weight is 1390 g/mol. The molecule has 0 aromatic carbocycles. The zero-order valence-corrected chi connectivity index (χ0v) is 61.2. The number of carbonyl (C=O) groups excluding carboxylic acids is 2. The van der Waals surface area contributed by atoms with E-state index in [-0.39, 0.29) is 119 Å². The summed E-state index contributed by atoms with van der Waals surface area (Å²) < 4.78 is 176. The van der Waals surface area contributed by atoms with Crippen LogP contribution < -0.4 is 88.7 Å². The Labute approximate surface area is 595 Å². The summed E-state index contributed by atoms with van der Waals surface area (Å²) in [5.41, 5.74) is -1.80. The van der Waals surface area contributed by atoms with E-state index < -0.39 is 207 Å². The molecule has 9 aliphatic rings. The number of hydrogen-bond acceptors (Lipinski definition) is 31. The third kappa shape index (κ3) is 15.9. The molecule has 0 aromatic rings. The Morgan fingerprint density at radius 3 is 1.79 bits per heavy atom. The van der Waals surface area contributed by atoms with E-state index in [1.807, 2.05) is 34.6 Å². The molecule has 0 radical (unpaired) electrons. The summed E-state index contributed by atoms with van der Waals surface area (Å²) in [5.74, 6) is -1.03. The normalized spacial score (nSPS) is 45.5. The molecular weight excluding hydrogens is 1310 g/mol. The fraction of sp³-hybridized carbons (Fsp3) is 0.889. The van der Waals surface area contributed by atoms with Gasteiger partial charge >= 0.3 is 94.6 Å². The summed E-state index contributed by atoms with van der Waals surface area (Å²) in [7, 11) is -15.4. The van der Waals surface area contributed by atoms with E-state index in [0.717, 1.165) is 31.1 Å². The molecule has 504 valence electrons. The molecule has 0 bridgehead atoms. The van der Waals surface area contributed by atoms with Crippen molar-refractivity contribution in [1.29, 1.82) is 0 Å². The van der Waals surface area contributed by atoms with Crippen LogP contribution in [0, 0.1) is 39.4 Å². The summed E-state index contributed by atoms with van der Waals surface area (Å²) in [5, 5.41) is 80.0. The van der Waals surface area contributed by atoms with Crippen LogP contribution in [0.1, 0.15) is 106 Å². The number of ether oxygens (including phenoxy) is 10. The fourth-order valence-corrected chi connectivity index (χ4v) is 17.4. The molecule has 5 saturated heterocycles. The van der Waals surface area contributed by atoms with Crippen LogP contribution in [0.5, 0.6) is 0 Å². The zero-order valence-electron chi connectivity index (χ0n) is 52.7. The number of hydrogen-bond donors (Lipinski definition) is 7. The van der Waals surface area contributed by atoms with Gasteiger partial charge in [-0.3, -0.25) is 22.1 Å². The summed E-state index contributed by atoms with van der Waals surface area (Å²) >= 11 is 0. The molecular formula is C54H81Na3O31S3. The first-order chi connectivity index (χ1) is 40.7. The molecule has 27 atom stereocenters. The quantitative estimate of drug-likeness (QED) is 0.0184. The van der Waals surface area contributed by atoms with Gasteiger partial charge in [-0.25, -0.2) is 25.3 Å². The van der Waals surface area contributed by atoms with Crippen molar-refractivity contribution in [2.45, 2.75) is 235 Å². The van der Waals surface area contributed by atoms with Crippen LogP contribution >= 0.6 is 0 Å². The average Bonchev–Trinajstić information content (AvgIpc) is 1.55. The van der Waals surface area contributed by atoms with Gasteiger partial charge in [-0.1, -0.05) is 44.9 Å². The first-order valence-electron chi connectivity index (χ1n) is 29.2. The smallest absolute Gasteiger partial charge is 0.726 e. The van der Waals surface area contributed by atoms with Crippen molar-refractivity contribution in [3.8, 4) is 0 Å². The SMILES string of the molecule is C=C(C)CCC[C@]1(C)OC(=O)[C@]23CC[C@H]4C(=CC[C@H]5C(C)(C)[C@@H](O[C@@H]6OC[C@@H](OS(=O)(=O)[O-])[C@H](O)[C@H]6O[C@@H]6O[C@H](C)[C@@H](O[C@@H]7O[C@H](COS(=O)(=O)[O-])[C@@H](O)[C@H](O[C@@H]8O[C@H](COS(=O)(=O)[O-])[C@@H](O)[C@H](OC)[C@H]8O)[C@H]7O)[C@H](O)[C@H]6O)CC[C@]45C)[C@]2(C)CC(=O)[C@@H]31.[Na+].[Na+].[Na+]. The van der Waals surface area contributed by atoms with Gasteiger partial charge in [0.2, 0.25) is 31.2 Å². The predicted octanol–water partition coefficient (Wildman–Crippen LogP) is -10.7. The number of aliphatic hydroxyl groups is 7. The van der Waals surface area contributed by atoms with Gasteiger partial charge in [0, 0.05) is 18.9 Å². The number of aliphatic hydroxyl groups excluding tert-OH is 7. The number of esters is 1. The van der Waals surface area contributed by atoms with E-state index in [4.69, 9.17) is 47.4 Å². The van der Waals surface area contributed by atoms with Crippen molar-refractivity contribution in [2.24, 2.45) is 39.4 Å². The molecule has 0 amide bonds. The molecule has 4 aliphatic carbocycles. The third-order valence-electron chi connectivity index (χ3n) is 20.5. The largest absolute Gasteiger partial charge is 1.00 e. The van der Waals surface area contributed by atoms with Gasteiger partial charge in [0.25, 0.3) is 0 Å². The molecule has 7 N–H and O–H groups in total. The van der Waals surface area contributed by atoms with E-state index >= 15 is 0 Å². The predicted molar refractivity (Wildman–Crippen MR) is 286 cm³/mol. The maximum atomic E-state index is 14.4. The fourth-order valence-electron chi connectivity index (χ4n) is 16.3. The van der Waals surface area contributed by atoms with E-state index in [1.54, 1.807) is 0 Å². The van der Waals surface area contributed by atoms with Crippen LogP contribution in [0.25, 0.3) is 0 Å². The van der Waals surface area contributed by atoms with Crippen molar-refractivity contribution in [3.63, 3.8) is 0 Å². The van der Waals surface area contributed by atoms with Crippen LogP contribution in [0.4, 0.5) is 0 Å². The standard InChI is InChI=1S/C54H84O31S3.3Na/c1-23(2)11-10-16-53(8)44-27(55)19-52(7)26-12-13-31-50(4,5)32(15-17-51(31,6)25(26)14-18-54(44,52)49(63)84-53)80-48-43(35(58)30(20-74-48)85-88(70,71)72)83-45-37(60)36(59)40(24(3)77-45)81-47-39(62)42(34(57)29(79-47)22-76-87(67,68)69)82-46-38(61)41(73-9)33(56)28(78-46)21-75-86(64,65)66;;;/h12,24-25,28-48,56-62H,1,10-11,13-22H2,2-9H3,(H,64,65,66)(H,67,68,69)(H,70,71,72);;;/q;3*+1/p-3/t24-,25+,28-,29-,30-,31+,32+,33-,34-,35+,36-,37-,38-,39-,40-,41+,42+,43-,44-,45+,46+,47+,48+,51-,52+,53+,54-;;;/m1.../s1. The van der Waals surface area contributed by atoms with Crippen LogP contribution in [-0.2, 0) is 101 Å². The van der Waals surface area contributed by atoms with Crippen LogP contribution in [-0.4, -0.2) is 242 Å². The third-order valence-corrected chi connectivity index (χ3v) is 21.8. The topological polar surface area (TPSA) is 467 Å². The Bertz CT molecular complexity index is 2990. The number of fused-ring (bicyclic) bond motifs is 4. The van der Waals surface area contributed by atoms with E-state index in [2.05, 4.69) is 32.1 Å². The first kappa shape index (κ1) is 80.6. The molecule has 9 rings (SSSR count). The van der Waals surface area contributed by atoms with Crippen LogP contribution in [0.15, 0.2) is 23.8 Å². The number of carbonyl (C=O) groups is 2. The Morgan fingerprint density at radius 1 is 0.681 bits per heavy atom. The molecule has 5 heterocycles. The summed E-state index contributed by atoms with van der Waals surface area (Å²) in [4.78, 5) is 28.7. The van der Waals surface area contributed by atoms with Gasteiger partial charge in [0.05, 0.1) is 43.4 Å². The van der Waals surface area contributed by atoms with Gasteiger partial charge in [-0.05, 0) is 94.8 Å². The maximum absolute atomic E-state index is 14.4. The number of rotatable bonds is 21. The molecule has 8 fully saturated rings. The Kier molecular flexibility index (Phi) is 26.6. The minimum atomic E-state index is -5.51. The number of ketones is 1. The molecule has 3 saturated carbocycles. The van der Waals surface area contributed by atoms with Crippen molar-refractivity contribution in [2.75, 3.05) is 26.9 Å². The molecule has 91 heavy (non-hydrogen) atoms. The second-order valence-corrected chi connectivity index (χ2v) is 29.4.